The van der Waals surface area contributed by atoms with Crippen LogP contribution in [0.3, 0.4) is 0 Å². The Bertz CT molecular complexity index is 1020. The molecular formula is C21H26N4O3. The molecule has 0 radical (unpaired) electrons. The van der Waals surface area contributed by atoms with Gasteiger partial charge in [0.05, 0.1) is 5.56 Å². The molecule has 0 aliphatic carbocycles. The van der Waals surface area contributed by atoms with Crippen LogP contribution >= 0.6 is 0 Å². The Morgan fingerprint density at radius 1 is 1.21 bits per heavy atom. The number of carbonyl (C=O) groups is 1. The number of nitrogens with one attached hydrogen (secondary N) is 1. The smallest absolute Gasteiger partial charge is 0.330 e. The molecule has 0 spiro atoms. The first-order chi connectivity index (χ1) is 13.4. The molecule has 0 saturated heterocycles. The number of nitrogens with zero attached hydrogens (tertiary/aromatic N) is 3. The van der Waals surface area contributed by atoms with Crippen molar-refractivity contribution in [3.8, 4) is 0 Å². The maximum Gasteiger partial charge on any atom is 0.330 e. The summed E-state index contributed by atoms with van der Waals surface area (Å²) in [6, 6.07) is 8.67. The van der Waals surface area contributed by atoms with E-state index in [0.29, 0.717) is 12.1 Å². The molecule has 28 heavy (non-hydrogen) atoms. The zero-order valence-electron chi connectivity index (χ0n) is 16.5. The van der Waals surface area contributed by atoms with Crippen molar-refractivity contribution >= 4 is 12.0 Å². The Balaban J connectivity index is 1.57. The van der Waals surface area contributed by atoms with Crippen molar-refractivity contribution in [2.24, 2.45) is 14.1 Å². The lowest BCUT2D eigenvalue weighted by Crippen LogP contribution is -2.44. The van der Waals surface area contributed by atoms with Crippen molar-refractivity contribution in [3.05, 3.63) is 74.1 Å². The molecule has 1 unspecified atom stereocenters. The van der Waals surface area contributed by atoms with Crippen molar-refractivity contribution in [2.45, 2.75) is 25.9 Å². The number of fused-ring (bicyclic) bond motifs is 1. The van der Waals surface area contributed by atoms with E-state index >= 15 is 0 Å². The van der Waals surface area contributed by atoms with E-state index in [-0.39, 0.29) is 11.9 Å². The highest BCUT2D eigenvalue weighted by Gasteiger charge is 2.20. The first-order valence-electron chi connectivity index (χ1n) is 9.40. The van der Waals surface area contributed by atoms with Gasteiger partial charge in [-0.25, -0.2) is 4.79 Å². The third-order valence-corrected chi connectivity index (χ3v) is 5.24. The van der Waals surface area contributed by atoms with Gasteiger partial charge in [-0.15, -0.1) is 0 Å². The molecule has 1 aromatic heterocycles. The maximum atomic E-state index is 12.2. The van der Waals surface area contributed by atoms with Gasteiger partial charge in [-0.3, -0.25) is 19.1 Å². The van der Waals surface area contributed by atoms with Crippen molar-refractivity contribution in [3.63, 3.8) is 0 Å². The molecule has 148 valence electrons. The Morgan fingerprint density at radius 3 is 2.68 bits per heavy atom. The monoisotopic (exact) mass is 382 g/mol. The number of carbonyl (C=O) groups excluding carboxylic acids is 1. The summed E-state index contributed by atoms with van der Waals surface area (Å²) in [5.41, 5.74) is 2.21. The lowest BCUT2D eigenvalue weighted by molar-refractivity contribution is -0.116. The van der Waals surface area contributed by atoms with E-state index in [1.165, 1.54) is 41.1 Å². The molecule has 2 aromatic rings. The quantitative estimate of drug-likeness (QED) is 0.771. The Hall–Kier alpha value is -2.93. The highest BCUT2D eigenvalue weighted by molar-refractivity contribution is 5.91. The van der Waals surface area contributed by atoms with Gasteiger partial charge in [0.15, 0.2) is 0 Å². The Morgan fingerprint density at radius 2 is 1.93 bits per heavy atom. The fourth-order valence-electron chi connectivity index (χ4n) is 3.45. The number of rotatable bonds is 5. The van der Waals surface area contributed by atoms with Gasteiger partial charge in [0.2, 0.25) is 5.91 Å². The topological polar surface area (TPSA) is 76.3 Å². The van der Waals surface area contributed by atoms with E-state index in [9.17, 15) is 14.4 Å². The second-order valence-electron chi connectivity index (χ2n) is 7.26. The third-order valence-electron chi connectivity index (χ3n) is 5.24. The summed E-state index contributed by atoms with van der Waals surface area (Å²) in [5, 5.41) is 2.89. The summed E-state index contributed by atoms with van der Waals surface area (Å²) in [7, 11) is 2.98. The van der Waals surface area contributed by atoms with Gasteiger partial charge < -0.3 is 9.88 Å². The third kappa shape index (κ3) is 4.31. The van der Waals surface area contributed by atoms with Gasteiger partial charge in [0, 0.05) is 52.0 Å². The molecule has 1 N–H and O–H groups in total. The zero-order chi connectivity index (χ0) is 20.3. The standard InChI is InChI=1S/C21H26N4O3/c1-15(25-11-10-16-6-4-5-7-17(16)14-25)12-22-19(26)9-8-18-13-23(2)21(28)24(3)20(18)27/h4-9,13,15H,10-12,14H2,1-3H3,(H,22,26)/b9-8+. The molecule has 1 aromatic carbocycles. The van der Waals surface area contributed by atoms with E-state index in [2.05, 4.69) is 41.4 Å². The van der Waals surface area contributed by atoms with Crippen LogP contribution in [-0.2, 0) is 31.9 Å². The summed E-state index contributed by atoms with van der Waals surface area (Å²) in [5.74, 6) is -0.264. The zero-order valence-corrected chi connectivity index (χ0v) is 16.5. The van der Waals surface area contributed by atoms with Crippen LogP contribution < -0.4 is 16.6 Å². The largest absolute Gasteiger partial charge is 0.351 e. The maximum absolute atomic E-state index is 12.2. The Kier molecular flexibility index (Phi) is 5.94. The van der Waals surface area contributed by atoms with Gasteiger partial charge in [-0.05, 0) is 30.5 Å². The second kappa shape index (κ2) is 8.39. The van der Waals surface area contributed by atoms with E-state index in [1.807, 2.05) is 0 Å². The minimum absolute atomic E-state index is 0.205. The number of aryl methyl sites for hydroxylation is 1. The van der Waals surface area contributed by atoms with Crippen LogP contribution in [0, 0.1) is 0 Å². The van der Waals surface area contributed by atoms with Crippen LogP contribution in [0.5, 0.6) is 0 Å². The van der Waals surface area contributed by atoms with Crippen LogP contribution in [0.15, 0.2) is 46.1 Å². The molecule has 0 saturated carbocycles. The van der Waals surface area contributed by atoms with E-state index in [4.69, 9.17) is 0 Å². The number of amides is 1. The van der Waals surface area contributed by atoms with Gasteiger partial charge in [-0.2, -0.15) is 0 Å². The fourth-order valence-corrected chi connectivity index (χ4v) is 3.45. The molecule has 1 aliphatic rings. The molecule has 2 heterocycles. The first kappa shape index (κ1) is 19.8. The predicted octanol–water partition coefficient (Wildman–Crippen LogP) is 0.660. The van der Waals surface area contributed by atoms with Gasteiger partial charge >= 0.3 is 5.69 Å². The minimum Gasteiger partial charge on any atom is -0.351 e. The van der Waals surface area contributed by atoms with Crippen LogP contribution in [0.4, 0.5) is 0 Å². The number of hydrogen-bond acceptors (Lipinski definition) is 4. The van der Waals surface area contributed by atoms with Crippen molar-refractivity contribution in [2.75, 3.05) is 13.1 Å². The van der Waals surface area contributed by atoms with Crippen LogP contribution in [0.25, 0.3) is 6.08 Å². The number of aromatic nitrogens is 2. The normalized spacial score (nSPS) is 15.4. The average Bonchev–Trinajstić information content (AvgIpc) is 2.71. The summed E-state index contributed by atoms with van der Waals surface area (Å²) >= 11 is 0. The average molecular weight is 382 g/mol. The van der Waals surface area contributed by atoms with E-state index in [0.717, 1.165) is 24.1 Å². The number of benzene rings is 1. The summed E-state index contributed by atoms with van der Waals surface area (Å²) in [6.07, 6.45) is 5.23. The summed E-state index contributed by atoms with van der Waals surface area (Å²) < 4.78 is 2.34. The molecule has 1 aliphatic heterocycles. The van der Waals surface area contributed by atoms with E-state index in [1.54, 1.807) is 7.05 Å². The van der Waals surface area contributed by atoms with Crippen molar-refractivity contribution in [1.82, 2.24) is 19.4 Å². The number of hydrogen-bond donors (Lipinski definition) is 1. The fraction of sp³-hybridized carbons (Fsp3) is 0.381. The van der Waals surface area contributed by atoms with E-state index < -0.39 is 11.2 Å². The molecule has 3 rings (SSSR count). The minimum atomic E-state index is -0.424. The summed E-state index contributed by atoms with van der Waals surface area (Å²) in [6.45, 7) is 4.48. The Labute approximate surface area is 163 Å². The predicted molar refractivity (Wildman–Crippen MR) is 109 cm³/mol. The molecule has 7 nitrogen and oxygen atoms in total. The molecule has 1 atom stereocenters. The highest BCUT2D eigenvalue weighted by Crippen LogP contribution is 2.19. The molecular weight excluding hydrogens is 356 g/mol. The molecule has 7 heteroatoms. The first-order valence-corrected chi connectivity index (χ1v) is 9.40. The van der Waals surface area contributed by atoms with Crippen LogP contribution in [0.2, 0.25) is 0 Å². The van der Waals surface area contributed by atoms with Crippen LogP contribution in [-0.4, -0.2) is 39.1 Å². The van der Waals surface area contributed by atoms with Gasteiger partial charge in [0.25, 0.3) is 5.56 Å². The van der Waals surface area contributed by atoms with Crippen LogP contribution in [0.1, 0.15) is 23.6 Å². The second-order valence-corrected chi connectivity index (χ2v) is 7.26. The molecule has 0 fully saturated rings. The van der Waals surface area contributed by atoms with Crippen molar-refractivity contribution in [1.29, 1.82) is 0 Å². The lowest BCUT2D eigenvalue weighted by atomic mass is 9.99. The SMILES string of the molecule is CC(CNC(=O)/C=C/c1cn(C)c(=O)n(C)c1=O)N1CCc2ccccc2C1. The summed E-state index contributed by atoms with van der Waals surface area (Å²) in [4.78, 5) is 38.3. The highest BCUT2D eigenvalue weighted by atomic mass is 16.2. The van der Waals surface area contributed by atoms with Gasteiger partial charge in [0.1, 0.15) is 0 Å². The molecule has 0 bridgehead atoms. The van der Waals surface area contributed by atoms with Crippen molar-refractivity contribution < 1.29 is 4.79 Å². The van der Waals surface area contributed by atoms with Gasteiger partial charge in [-0.1, -0.05) is 24.3 Å². The molecule has 1 amide bonds. The lowest BCUT2D eigenvalue weighted by Gasteiger charge is -2.33.